The van der Waals surface area contributed by atoms with Gasteiger partial charge in [0, 0.05) is 19.3 Å². The topological polar surface area (TPSA) is 92.1 Å². The Morgan fingerprint density at radius 1 is 1.61 bits per heavy atom. The third kappa shape index (κ3) is 2.95. The van der Waals surface area contributed by atoms with Crippen LogP contribution in [0.15, 0.2) is 17.2 Å². The van der Waals surface area contributed by atoms with Crippen molar-refractivity contribution >= 4 is 5.91 Å². The van der Waals surface area contributed by atoms with Crippen LogP contribution in [0.2, 0.25) is 0 Å². The fourth-order valence-corrected chi connectivity index (χ4v) is 2.34. The number of aromatic amines is 1. The summed E-state index contributed by atoms with van der Waals surface area (Å²) < 4.78 is 0. The monoisotopic (exact) mass is 250 g/mol. The number of aromatic nitrogens is 2. The average Bonchev–Trinajstić information content (AvgIpc) is 2.39. The summed E-state index contributed by atoms with van der Waals surface area (Å²) in [5.74, 6) is 0.364. The summed E-state index contributed by atoms with van der Waals surface area (Å²) in [6, 6.07) is 0. The van der Waals surface area contributed by atoms with Gasteiger partial charge in [0.05, 0.1) is 6.20 Å². The van der Waals surface area contributed by atoms with E-state index in [9.17, 15) is 9.59 Å². The van der Waals surface area contributed by atoms with Crippen molar-refractivity contribution in [2.45, 2.75) is 19.3 Å². The van der Waals surface area contributed by atoms with Crippen LogP contribution in [0.4, 0.5) is 0 Å². The van der Waals surface area contributed by atoms with Gasteiger partial charge in [0.15, 0.2) is 0 Å². The Morgan fingerprint density at radius 3 is 3.11 bits per heavy atom. The van der Waals surface area contributed by atoms with E-state index in [2.05, 4.69) is 9.97 Å². The molecule has 2 rings (SSSR count). The Kier molecular flexibility index (Phi) is 4.09. The molecule has 0 bridgehead atoms. The lowest BCUT2D eigenvalue weighted by atomic mass is 9.95. The zero-order valence-corrected chi connectivity index (χ0v) is 10.3. The van der Waals surface area contributed by atoms with Gasteiger partial charge in [-0.3, -0.25) is 9.59 Å². The number of carbonyl (C=O) groups excluding carboxylic acids is 1. The minimum absolute atomic E-state index is 0.118. The van der Waals surface area contributed by atoms with Crippen LogP contribution in [0.3, 0.4) is 0 Å². The molecule has 6 heteroatoms. The summed E-state index contributed by atoms with van der Waals surface area (Å²) >= 11 is 0. The second kappa shape index (κ2) is 5.77. The largest absolute Gasteiger partial charge is 0.337 e. The first-order chi connectivity index (χ1) is 8.70. The number of nitrogens with zero attached hydrogens (tertiary/aromatic N) is 2. The van der Waals surface area contributed by atoms with Gasteiger partial charge in [-0.15, -0.1) is 0 Å². The molecule has 3 N–H and O–H groups in total. The maximum atomic E-state index is 12.2. The molecule has 0 radical (unpaired) electrons. The van der Waals surface area contributed by atoms with Gasteiger partial charge < -0.3 is 15.6 Å². The highest BCUT2D eigenvalue weighted by atomic mass is 16.2. The van der Waals surface area contributed by atoms with Crippen molar-refractivity contribution < 1.29 is 4.79 Å². The molecule has 1 aliphatic heterocycles. The molecule has 1 fully saturated rings. The third-order valence-electron chi connectivity index (χ3n) is 3.27. The number of hydrogen-bond donors (Lipinski definition) is 2. The molecule has 1 atom stereocenters. The number of nitrogens with one attached hydrogen (secondary N) is 1. The first-order valence-corrected chi connectivity index (χ1v) is 6.25. The van der Waals surface area contributed by atoms with E-state index >= 15 is 0 Å². The molecule has 18 heavy (non-hydrogen) atoms. The smallest absolute Gasteiger partial charge is 0.273 e. The highest BCUT2D eigenvalue weighted by Gasteiger charge is 2.24. The molecule has 0 aliphatic carbocycles. The van der Waals surface area contributed by atoms with E-state index in [0.29, 0.717) is 18.2 Å². The number of likely N-dealkylation sites (tertiary alicyclic amines) is 1. The number of piperidine rings is 1. The third-order valence-corrected chi connectivity index (χ3v) is 3.27. The fourth-order valence-electron chi connectivity index (χ4n) is 2.34. The molecule has 2 heterocycles. The van der Waals surface area contributed by atoms with E-state index in [1.807, 2.05) is 0 Å². The second-order valence-corrected chi connectivity index (χ2v) is 4.63. The number of hydrogen-bond acceptors (Lipinski definition) is 4. The molecular weight excluding hydrogens is 232 g/mol. The van der Waals surface area contributed by atoms with Crippen LogP contribution in [0, 0.1) is 5.92 Å². The molecule has 1 saturated heterocycles. The van der Waals surface area contributed by atoms with Crippen molar-refractivity contribution in [2.75, 3.05) is 19.6 Å². The SMILES string of the molecule is NCCC1CCCN(C(=O)c2c[nH]c(=O)cn2)C1. The zero-order valence-electron chi connectivity index (χ0n) is 10.3. The standard InChI is InChI=1S/C12H18N4O2/c13-4-3-9-2-1-5-16(8-9)12(18)10-6-15-11(17)7-14-10/h6-7,9H,1-5,8,13H2,(H,15,17). The Hall–Kier alpha value is -1.69. The van der Waals surface area contributed by atoms with Gasteiger partial charge in [0.1, 0.15) is 5.69 Å². The van der Waals surface area contributed by atoms with Gasteiger partial charge >= 0.3 is 0 Å². The molecule has 1 amide bonds. The number of nitrogens with two attached hydrogens (primary N) is 1. The van der Waals surface area contributed by atoms with Gasteiger partial charge in [-0.2, -0.15) is 0 Å². The van der Waals surface area contributed by atoms with Gasteiger partial charge in [-0.1, -0.05) is 0 Å². The van der Waals surface area contributed by atoms with Crippen molar-refractivity contribution in [2.24, 2.45) is 11.7 Å². The predicted octanol–water partition coefficient (Wildman–Crippen LogP) is -0.0291. The fraction of sp³-hybridized carbons (Fsp3) is 0.583. The summed E-state index contributed by atoms with van der Waals surface area (Å²) in [5.41, 5.74) is 5.55. The van der Waals surface area contributed by atoms with Gasteiger partial charge in [-0.05, 0) is 31.7 Å². The Labute approximate surface area is 105 Å². The van der Waals surface area contributed by atoms with Gasteiger partial charge in [0.2, 0.25) is 0 Å². The quantitative estimate of drug-likeness (QED) is 0.788. The van der Waals surface area contributed by atoms with Crippen LogP contribution >= 0.6 is 0 Å². The molecule has 0 saturated carbocycles. The lowest BCUT2D eigenvalue weighted by molar-refractivity contribution is 0.0663. The Morgan fingerprint density at radius 2 is 2.44 bits per heavy atom. The normalized spacial score (nSPS) is 19.8. The maximum absolute atomic E-state index is 12.2. The Balaban J connectivity index is 2.04. The average molecular weight is 250 g/mol. The van der Waals surface area contributed by atoms with E-state index in [1.54, 1.807) is 4.90 Å². The highest BCUT2D eigenvalue weighted by molar-refractivity contribution is 5.92. The number of H-pyrrole nitrogens is 1. The Bertz CT molecular complexity index is 449. The number of carbonyl (C=O) groups is 1. The maximum Gasteiger partial charge on any atom is 0.273 e. The molecule has 1 unspecified atom stereocenters. The van der Waals surface area contributed by atoms with E-state index in [4.69, 9.17) is 5.73 Å². The van der Waals surface area contributed by atoms with Crippen LogP contribution in [0.25, 0.3) is 0 Å². The first-order valence-electron chi connectivity index (χ1n) is 6.25. The molecule has 1 aliphatic rings. The van der Waals surface area contributed by atoms with E-state index in [0.717, 1.165) is 38.5 Å². The van der Waals surface area contributed by atoms with Gasteiger partial charge in [0.25, 0.3) is 11.5 Å². The lowest BCUT2D eigenvalue weighted by Crippen LogP contribution is -2.41. The van der Waals surface area contributed by atoms with Gasteiger partial charge in [-0.25, -0.2) is 4.98 Å². The first kappa shape index (κ1) is 12.8. The summed E-state index contributed by atoms with van der Waals surface area (Å²) in [6.07, 6.45) is 5.58. The van der Waals surface area contributed by atoms with E-state index in [-0.39, 0.29) is 11.5 Å². The highest BCUT2D eigenvalue weighted by Crippen LogP contribution is 2.20. The summed E-state index contributed by atoms with van der Waals surface area (Å²) in [5, 5.41) is 0. The van der Waals surface area contributed by atoms with E-state index in [1.165, 1.54) is 6.20 Å². The molecule has 98 valence electrons. The van der Waals surface area contributed by atoms with Crippen LogP contribution in [-0.2, 0) is 0 Å². The van der Waals surface area contributed by atoms with Crippen LogP contribution in [-0.4, -0.2) is 40.4 Å². The molecular formula is C12H18N4O2. The zero-order chi connectivity index (χ0) is 13.0. The molecule has 6 nitrogen and oxygen atoms in total. The van der Waals surface area contributed by atoms with Crippen molar-refractivity contribution in [1.82, 2.24) is 14.9 Å². The minimum Gasteiger partial charge on any atom is -0.337 e. The lowest BCUT2D eigenvalue weighted by Gasteiger charge is -2.32. The van der Waals surface area contributed by atoms with Crippen molar-refractivity contribution in [3.63, 3.8) is 0 Å². The summed E-state index contributed by atoms with van der Waals surface area (Å²) in [6.45, 7) is 2.14. The summed E-state index contributed by atoms with van der Waals surface area (Å²) in [7, 11) is 0. The molecule has 0 spiro atoms. The van der Waals surface area contributed by atoms with Crippen molar-refractivity contribution in [3.05, 3.63) is 28.4 Å². The van der Waals surface area contributed by atoms with Crippen LogP contribution < -0.4 is 11.3 Å². The molecule has 0 aromatic carbocycles. The number of rotatable bonds is 3. The number of amides is 1. The van der Waals surface area contributed by atoms with E-state index < -0.39 is 0 Å². The molecule has 1 aromatic heterocycles. The second-order valence-electron chi connectivity index (χ2n) is 4.63. The van der Waals surface area contributed by atoms with Crippen LogP contribution in [0.5, 0.6) is 0 Å². The van der Waals surface area contributed by atoms with Crippen molar-refractivity contribution in [3.8, 4) is 0 Å². The molecule has 1 aromatic rings. The minimum atomic E-state index is -0.300. The predicted molar refractivity (Wildman–Crippen MR) is 67.2 cm³/mol. The van der Waals surface area contributed by atoms with Crippen molar-refractivity contribution in [1.29, 1.82) is 0 Å². The van der Waals surface area contributed by atoms with Crippen LogP contribution in [0.1, 0.15) is 29.8 Å². The summed E-state index contributed by atoms with van der Waals surface area (Å²) in [4.78, 5) is 31.2.